The summed E-state index contributed by atoms with van der Waals surface area (Å²) in [5, 5.41) is 3.06. The second kappa shape index (κ2) is 3.06. The molecule has 2 aromatic rings. The summed E-state index contributed by atoms with van der Waals surface area (Å²) in [6, 6.07) is 3.79. The van der Waals surface area contributed by atoms with Gasteiger partial charge in [-0.2, -0.15) is 0 Å². The first-order chi connectivity index (χ1) is 6.33. The van der Waals surface area contributed by atoms with E-state index in [9.17, 15) is 0 Å². The number of hydrogen-bond acceptors (Lipinski definition) is 3. The Morgan fingerprint density at radius 2 is 2.46 bits per heavy atom. The number of fused-ring (bicyclic) bond motifs is 1. The summed E-state index contributed by atoms with van der Waals surface area (Å²) >= 11 is 0. The van der Waals surface area contributed by atoms with E-state index in [1.807, 2.05) is 29.8 Å². The third kappa shape index (κ3) is 1.25. The van der Waals surface area contributed by atoms with Gasteiger partial charge in [-0.1, -0.05) is 0 Å². The fourth-order valence-corrected chi connectivity index (χ4v) is 1.39. The van der Waals surface area contributed by atoms with E-state index in [0.29, 0.717) is 0 Å². The normalized spacial score (nSPS) is 10.8. The highest BCUT2D eigenvalue weighted by atomic mass is 15.0. The van der Waals surface area contributed by atoms with Crippen molar-refractivity contribution in [3.8, 4) is 0 Å². The van der Waals surface area contributed by atoms with Gasteiger partial charge in [0.2, 0.25) is 0 Å². The number of nitrogens with zero attached hydrogens (tertiary/aromatic N) is 2. The Hall–Kier alpha value is -1.55. The molecule has 0 bridgehead atoms. The molecule has 0 unspecified atom stereocenters. The van der Waals surface area contributed by atoms with Gasteiger partial charge in [0.1, 0.15) is 5.82 Å². The Morgan fingerprint density at radius 1 is 1.62 bits per heavy atom. The first kappa shape index (κ1) is 8.07. The summed E-state index contributed by atoms with van der Waals surface area (Å²) in [6.45, 7) is 0.748. The standard InChI is InChI=1S/C9H12N4/c1-11-6-9-12-5-8-7(10)3-2-4-13(8)9/h2-5,11H,6,10H2,1H3. The lowest BCUT2D eigenvalue weighted by atomic mass is 10.3. The minimum Gasteiger partial charge on any atom is -0.397 e. The van der Waals surface area contributed by atoms with Gasteiger partial charge in [-0.25, -0.2) is 4.98 Å². The molecular formula is C9H12N4. The molecule has 0 spiro atoms. The molecule has 4 nitrogen and oxygen atoms in total. The van der Waals surface area contributed by atoms with E-state index in [2.05, 4.69) is 10.3 Å². The van der Waals surface area contributed by atoms with Gasteiger partial charge < -0.3 is 15.5 Å². The monoisotopic (exact) mass is 176 g/mol. The molecule has 0 radical (unpaired) electrons. The molecular weight excluding hydrogens is 164 g/mol. The molecule has 68 valence electrons. The third-order valence-electron chi connectivity index (χ3n) is 2.02. The van der Waals surface area contributed by atoms with E-state index in [1.165, 1.54) is 0 Å². The lowest BCUT2D eigenvalue weighted by Crippen LogP contribution is -2.08. The molecule has 0 saturated carbocycles. The fraction of sp³-hybridized carbons (Fsp3) is 0.222. The van der Waals surface area contributed by atoms with Crippen LogP contribution >= 0.6 is 0 Å². The third-order valence-corrected chi connectivity index (χ3v) is 2.02. The first-order valence-corrected chi connectivity index (χ1v) is 4.18. The molecule has 2 heterocycles. The molecule has 0 aromatic carbocycles. The molecule has 0 fully saturated rings. The van der Waals surface area contributed by atoms with Crippen molar-refractivity contribution in [1.82, 2.24) is 14.7 Å². The molecule has 0 aliphatic carbocycles. The number of nitrogens with one attached hydrogen (secondary N) is 1. The van der Waals surface area contributed by atoms with Crippen LogP contribution in [0.1, 0.15) is 5.82 Å². The molecule has 0 saturated heterocycles. The van der Waals surface area contributed by atoms with Crippen LogP contribution in [0, 0.1) is 0 Å². The van der Waals surface area contributed by atoms with E-state index in [0.717, 1.165) is 23.6 Å². The van der Waals surface area contributed by atoms with Crippen molar-refractivity contribution in [2.45, 2.75) is 6.54 Å². The van der Waals surface area contributed by atoms with Crippen molar-refractivity contribution in [3.05, 3.63) is 30.4 Å². The second-order valence-corrected chi connectivity index (χ2v) is 2.92. The van der Waals surface area contributed by atoms with Crippen LogP contribution < -0.4 is 11.1 Å². The van der Waals surface area contributed by atoms with Crippen molar-refractivity contribution in [2.75, 3.05) is 12.8 Å². The van der Waals surface area contributed by atoms with Gasteiger partial charge in [0.15, 0.2) is 0 Å². The maximum absolute atomic E-state index is 5.78. The summed E-state index contributed by atoms with van der Waals surface area (Å²) in [6.07, 6.45) is 3.76. The molecule has 0 amide bonds. The van der Waals surface area contributed by atoms with Crippen molar-refractivity contribution < 1.29 is 0 Å². The Balaban J connectivity index is 2.61. The number of imidazole rings is 1. The minimum absolute atomic E-state index is 0.748. The predicted molar refractivity (Wildman–Crippen MR) is 52.4 cm³/mol. The van der Waals surface area contributed by atoms with Gasteiger partial charge in [0.05, 0.1) is 23.9 Å². The summed E-state index contributed by atoms with van der Waals surface area (Å²) in [7, 11) is 1.90. The molecule has 0 atom stereocenters. The smallest absolute Gasteiger partial charge is 0.127 e. The summed E-state index contributed by atoms with van der Waals surface area (Å²) in [5.41, 5.74) is 7.51. The fourth-order valence-electron chi connectivity index (χ4n) is 1.39. The summed E-state index contributed by atoms with van der Waals surface area (Å²) in [4.78, 5) is 4.27. The number of anilines is 1. The maximum atomic E-state index is 5.78. The quantitative estimate of drug-likeness (QED) is 0.706. The average Bonchev–Trinajstić information content (AvgIpc) is 2.51. The Bertz CT molecular complexity index is 418. The summed E-state index contributed by atoms with van der Waals surface area (Å²) < 4.78 is 1.99. The molecule has 2 aromatic heterocycles. The first-order valence-electron chi connectivity index (χ1n) is 4.18. The van der Waals surface area contributed by atoms with Crippen molar-refractivity contribution in [3.63, 3.8) is 0 Å². The van der Waals surface area contributed by atoms with Gasteiger partial charge in [-0.15, -0.1) is 0 Å². The van der Waals surface area contributed by atoms with Crippen LogP contribution in [-0.2, 0) is 6.54 Å². The zero-order valence-electron chi connectivity index (χ0n) is 7.49. The highest BCUT2D eigenvalue weighted by molar-refractivity contribution is 5.68. The number of nitrogen functional groups attached to an aromatic ring is 1. The van der Waals surface area contributed by atoms with E-state index in [4.69, 9.17) is 5.73 Å². The van der Waals surface area contributed by atoms with Crippen LogP contribution in [0.25, 0.3) is 5.52 Å². The molecule has 0 aliphatic rings. The van der Waals surface area contributed by atoms with Gasteiger partial charge in [0.25, 0.3) is 0 Å². The number of aromatic nitrogens is 2. The molecule has 13 heavy (non-hydrogen) atoms. The van der Waals surface area contributed by atoms with Crippen LogP contribution in [0.2, 0.25) is 0 Å². The van der Waals surface area contributed by atoms with Gasteiger partial charge in [-0.05, 0) is 19.2 Å². The molecule has 0 aliphatic heterocycles. The van der Waals surface area contributed by atoms with Crippen LogP contribution in [0.3, 0.4) is 0 Å². The van der Waals surface area contributed by atoms with E-state index in [-0.39, 0.29) is 0 Å². The molecule has 2 rings (SSSR count). The van der Waals surface area contributed by atoms with Gasteiger partial charge in [0, 0.05) is 6.20 Å². The van der Waals surface area contributed by atoms with E-state index in [1.54, 1.807) is 6.20 Å². The topological polar surface area (TPSA) is 55.3 Å². The Morgan fingerprint density at radius 3 is 3.23 bits per heavy atom. The zero-order chi connectivity index (χ0) is 9.26. The van der Waals surface area contributed by atoms with Crippen molar-refractivity contribution in [1.29, 1.82) is 0 Å². The van der Waals surface area contributed by atoms with Crippen LogP contribution in [0.5, 0.6) is 0 Å². The molecule has 4 heteroatoms. The van der Waals surface area contributed by atoms with Gasteiger partial charge in [-0.3, -0.25) is 0 Å². The van der Waals surface area contributed by atoms with Crippen LogP contribution in [0.4, 0.5) is 5.69 Å². The lowest BCUT2D eigenvalue weighted by Gasteiger charge is -2.01. The number of rotatable bonds is 2. The predicted octanol–water partition coefficient (Wildman–Crippen LogP) is 0.636. The average molecular weight is 176 g/mol. The highest BCUT2D eigenvalue weighted by Crippen LogP contribution is 2.13. The summed E-state index contributed by atoms with van der Waals surface area (Å²) in [5.74, 6) is 0.977. The second-order valence-electron chi connectivity index (χ2n) is 2.92. The van der Waals surface area contributed by atoms with E-state index >= 15 is 0 Å². The minimum atomic E-state index is 0.748. The highest BCUT2D eigenvalue weighted by Gasteiger charge is 2.03. The number of nitrogens with two attached hydrogens (primary N) is 1. The Labute approximate surface area is 76.4 Å². The van der Waals surface area contributed by atoms with Crippen LogP contribution in [0.15, 0.2) is 24.5 Å². The largest absolute Gasteiger partial charge is 0.397 e. The SMILES string of the molecule is CNCc1ncc2c(N)cccn12. The Kier molecular flexibility index (Phi) is 1.90. The number of hydrogen-bond donors (Lipinski definition) is 2. The van der Waals surface area contributed by atoms with E-state index < -0.39 is 0 Å². The van der Waals surface area contributed by atoms with Crippen LogP contribution in [-0.4, -0.2) is 16.4 Å². The van der Waals surface area contributed by atoms with Crippen molar-refractivity contribution in [2.24, 2.45) is 0 Å². The van der Waals surface area contributed by atoms with Gasteiger partial charge >= 0.3 is 0 Å². The number of pyridine rings is 1. The molecule has 3 N–H and O–H groups in total. The maximum Gasteiger partial charge on any atom is 0.127 e. The van der Waals surface area contributed by atoms with Crippen molar-refractivity contribution >= 4 is 11.2 Å². The zero-order valence-corrected chi connectivity index (χ0v) is 7.49. The lowest BCUT2D eigenvalue weighted by molar-refractivity contribution is 0.755.